The van der Waals surface area contributed by atoms with E-state index in [0.29, 0.717) is 17.6 Å². The first-order chi connectivity index (χ1) is 17.0. The number of rotatable bonds is 8. The Morgan fingerprint density at radius 3 is 2.44 bits per heavy atom. The zero-order valence-corrected chi connectivity index (χ0v) is 18.0. The third-order valence-corrected chi connectivity index (χ3v) is 5.17. The van der Waals surface area contributed by atoms with E-state index in [1.807, 2.05) is 5.32 Å². The van der Waals surface area contributed by atoms with E-state index < -0.39 is 42.1 Å². The van der Waals surface area contributed by atoms with Gasteiger partial charge in [-0.25, -0.2) is 18.7 Å². The van der Waals surface area contributed by atoms with Crippen LogP contribution in [0, 0.1) is 11.6 Å². The van der Waals surface area contributed by atoms with Crippen molar-refractivity contribution in [1.29, 1.82) is 0 Å². The highest BCUT2D eigenvalue weighted by atomic mass is 19.4. The maximum absolute atomic E-state index is 14.2. The minimum absolute atomic E-state index is 0.0284. The molecule has 0 saturated carbocycles. The highest BCUT2D eigenvalue weighted by Crippen LogP contribution is 2.33. The lowest BCUT2D eigenvalue weighted by atomic mass is 10.0. The summed E-state index contributed by atoms with van der Waals surface area (Å²) < 4.78 is 74.0. The average Bonchev–Trinajstić information content (AvgIpc) is 3.49. The first-order valence-corrected chi connectivity index (χ1v) is 10.1. The predicted molar refractivity (Wildman–Crippen MR) is 112 cm³/mol. The summed E-state index contributed by atoms with van der Waals surface area (Å²) in [5.41, 5.74) is -3.03. The number of nitrogens with one attached hydrogen (secondary N) is 1. The maximum Gasteiger partial charge on any atom is 0.424 e. The Labute approximate surface area is 198 Å². The Hall–Kier alpha value is -3.95. The lowest BCUT2D eigenvalue weighted by Crippen LogP contribution is -2.59. The molecule has 3 aromatic heterocycles. The number of aliphatic hydroxyl groups is 3. The number of nitrogens with zero attached hydrogens (tertiary/aromatic N) is 5. The number of aliphatic hydroxyl groups excluding tert-OH is 1. The van der Waals surface area contributed by atoms with Crippen LogP contribution in [-0.4, -0.2) is 64.8 Å². The van der Waals surface area contributed by atoms with Crippen LogP contribution in [0.15, 0.2) is 53.4 Å². The number of aromatic nitrogens is 5. The number of benzene rings is 1. The molecule has 10 nitrogen and oxygen atoms in total. The summed E-state index contributed by atoms with van der Waals surface area (Å²) in [7, 11) is 0. The van der Waals surface area contributed by atoms with E-state index in [4.69, 9.17) is 14.7 Å². The van der Waals surface area contributed by atoms with Crippen molar-refractivity contribution < 1.29 is 41.8 Å². The topological polar surface area (TPSA) is 142 Å². The minimum atomic E-state index is -5.46. The van der Waals surface area contributed by atoms with E-state index in [1.165, 1.54) is 41.3 Å². The Bertz CT molecular complexity index is 1350. The summed E-state index contributed by atoms with van der Waals surface area (Å²) in [6.45, 7) is -1.58. The Morgan fingerprint density at radius 1 is 1.06 bits per heavy atom. The summed E-state index contributed by atoms with van der Waals surface area (Å²) in [5.74, 6) is -2.68. The van der Waals surface area contributed by atoms with Crippen molar-refractivity contribution in [1.82, 2.24) is 24.9 Å². The molecule has 0 spiro atoms. The fourth-order valence-electron chi connectivity index (χ4n) is 3.16. The number of hydrogen-bond donors (Lipinski definition) is 4. The van der Waals surface area contributed by atoms with Crippen LogP contribution in [0.4, 0.5) is 27.8 Å². The predicted octanol–water partition coefficient (Wildman–Crippen LogP) is 2.34. The van der Waals surface area contributed by atoms with Gasteiger partial charge in [0.15, 0.2) is 23.7 Å². The molecule has 190 valence electrons. The lowest BCUT2D eigenvalue weighted by molar-refractivity contribution is -0.320. The van der Waals surface area contributed by atoms with Crippen molar-refractivity contribution >= 4 is 5.82 Å². The van der Waals surface area contributed by atoms with Crippen molar-refractivity contribution in [3.05, 3.63) is 66.1 Å². The van der Waals surface area contributed by atoms with Crippen molar-refractivity contribution in [3.63, 3.8) is 0 Å². The third kappa shape index (κ3) is 4.89. The fourth-order valence-corrected chi connectivity index (χ4v) is 3.16. The smallest absolute Gasteiger partial charge is 0.375 e. The molecule has 0 radical (unpaired) electrons. The van der Waals surface area contributed by atoms with Crippen LogP contribution in [0.3, 0.4) is 0 Å². The monoisotopic (exact) mass is 512 g/mol. The molecule has 15 heteroatoms. The van der Waals surface area contributed by atoms with Crippen LogP contribution < -0.4 is 5.32 Å². The van der Waals surface area contributed by atoms with Gasteiger partial charge < -0.3 is 25.2 Å². The molecule has 0 amide bonds. The summed E-state index contributed by atoms with van der Waals surface area (Å²) in [4.78, 5) is 7.61. The molecule has 0 aliphatic rings. The molecule has 4 rings (SSSR count). The molecule has 1 unspecified atom stereocenters. The second-order valence-corrected chi connectivity index (χ2v) is 7.59. The second-order valence-electron chi connectivity index (χ2n) is 7.59. The lowest BCUT2D eigenvalue weighted by Gasteiger charge is -2.32. The van der Waals surface area contributed by atoms with Crippen molar-refractivity contribution in [2.45, 2.75) is 24.6 Å². The maximum atomic E-state index is 14.2. The van der Waals surface area contributed by atoms with E-state index in [2.05, 4.69) is 20.2 Å². The van der Waals surface area contributed by atoms with E-state index in [1.54, 1.807) is 6.07 Å². The van der Waals surface area contributed by atoms with E-state index in [9.17, 15) is 27.1 Å². The first-order valence-electron chi connectivity index (χ1n) is 10.1. The summed E-state index contributed by atoms with van der Waals surface area (Å²) >= 11 is 0. The Morgan fingerprint density at radius 2 is 1.81 bits per heavy atom. The number of alkyl halides is 3. The largest absolute Gasteiger partial charge is 0.424 e. The van der Waals surface area contributed by atoms with Gasteiger partial charge in [0.05, 0.1) is 25.0 Å². The van der Waals surface area contributed by atoms with Crippen LogP contribution >= 0.6 is 0 Å². The Kier molecular flexibility index (Phi) is 6.71. The molecule has 0 saturated heterocycles. The molecular formula is C21H17F5N6O4. The minimum Gasteiger partial charge on any atom is -0.375 e. The quantitative estimate of drug-likeness (QED) is 0.207. The van der Waals surface area contributed by atoms with Crippen LogP contribution in [0.1, 0.15) is 5.56 Å². The van der Waals surface area contributed by atoms with Gasteiger partial charge in [0, 0.05) is 11.6 Å². The highest BCUT2D eigenvalue weighted by Gasteiger charge is 2.58. The second kappa shape index (κ2) is 9.60. The molecule has 1 atom stereocenters. The van der Waals surface area contributed by atoms with Gasteiger partial charge in [0.1, 0.15) is 23.5 Å². The summed E-state index contributed by atoms with van der Waals surface area (Å²) in [6.07, 6.45) is -6.73. The SMILES string of the molecule is OC(O)C(O)(CNc1nc(-c2cc(-c3ccon3)n(Cc3ccccc3F)n2)ncc1F)C(F)(F)F. The molecule has 0 bridgehead atoms. The molecule has 4 aromatic rings. The van der Waals surface area contributed by atoms with Gasteiger partial charge in [-0.15, -0.1) is 0 Å². The zero-order chi connectivity index (χ0) is 26.1. The van der Waals surface area contributed by atoms with Gasteiger partial charge in [-0.3, -0.25) is 4.68 Å². The molecular weight excluding hydrogens is 495 g/mol. The van der Waals surface area contributed by atoms with Crippen LogP contribution in [0.5, 0.6) is 0 Å². The summed E-state index contributed by atoms with van der Waals surface area (Å²) in [5, 5.41) is 37.7. The first kappa shape index (κ1) is 25.2. The van der Waals surface area contributed by atoms with Gasteiger partial charge in [0.2, 0.25) is 5.60 Å². The van der Waals surface area contributed by atoms with Crippen LogP contribution in [0.25, 0.3) is 22.9 Å². The number of hydrogen-bond acceptors (Lipinski definition) is 9. The molecule has 1 aromatic carbocycles. The standard InChI is InChI=1S/C21H17F5N6O4/c22-12-4-2-1-3-11(12)9-32-16(14-5-6-36-31-14)7-15(30-32)18-27-8-13(23)17(29-18)28-10-20(35,19(33)34)21(24,25)26/h1-8,19,33-35H,9-10H2,(H,27,28,29). The van der Waals surface area contributed by atoms with E-state index in [0.717, 1.165) is 0 Å². The third-order valence-electron chi connectivity index (χ3n) is 5.17. The van der Waals surface area contributed by atoms with E-state index >= 15 is 0 Å². The highest BCUT2D eigenvalue weighted by molar-refractivity contribution is 5.63. The van der Waals surface area contributed by atoms with Crippen LogP contribution in [-0.2, 0) is 6.54 Å². The summed E-state index contributed by atoms with van der Waals surface area (Å²) in [6, 6.07) is 8.89. The number of anilines is 1. The fraction of sp³-hybridized carbons (Fsp3) is 0.238. The average molecular weight is 512 g/mol. The molecule has 0 aliphatic carbocycles. The van der Waals surface area contributed by atoms with Crippen LogP contribution in [0.2, 0.25) is 0 Å². The number of halogens is 5. The molecule has 3 heterocycles. The van der Waals surface area contributed by atoms with Gasteiger partial charge in [-0.2, -0.15) is 18.3 Å². The van der Waals surface area contributed by atoms with Crippen molar-refractivity contribution in [2.75, 3.05) is 11.9 Å². The van der Waals surface area contributed by atoms with Crippen molar-refractivity contribution in [2.24, 2.45) is 0 Å². The molecule has 0 fully saturated rings. The molecule has 4 N–H and O–H groups in total. The molecule has 36 heavy (non-hydrogen) atoms. The van der Waals surface area contributed by atoms with E-state index in [-0.39, 0.29) is 23.6 Å². The van der Waals surface area contributed by atoms with Gasteiger partial charge in [-0.05, 0) is 12.1 Å². The van der Waals surface area contributed by atoms with Gasteiger partial charge >= 0.3 is 6.18 Å². The van der Waals surface area contributed by atoms with Crippen molar-refractivity contribution in [3.8, 4) is 22.9 Å². The normalized spacial score (nSPS) is 13.7. The molecule has 0 aliphatic heterocycles. The Balaban J connectivity index is 1.68. The zero-order valence-electron chi connectivity index (χ0n) is 18.0. The van der Waals surface area contributed by atoms with Gasteiger partial charge in [0.25, 0.3) is 0 Å². The van der Waals surface area contributed by atoms with Gasteiger partial charge in [-0.1, -0.05) is 23.4 Å².